The van der Waals surface area contributed by atoms with Gasteiger partial charge < -0.3 is 9.47 Å². The second-order valence-electron chi connectivity index (χ2n) is 6.68. The van der Waals surface area contributed by atoms with Crippen molar-refractivity contribution < 1.29 is 22.3 Å². The molecular weight excluding hydrogens is 357 g/mol. The molecule has 0 bridgehead atoms. The molecule has 2 heterocycles. The minimum atomic E-state index is -3.56. The van der Waals surface area contributed by atoms with Crippen LogP contribution in [-0.4, -0.2) is 33.4 Å². The molecule has 0 spiro atoms. The van der Waals surface area contributed by atoms with Crippen LogP contribution in [0.5, 0.6) is 11.5 Å². The Labute approximate surface area is 152 Å². The molecule has 26 heavy (non-hydrogen) atoms. The van der Waals surface area contributed by atoms with Crippen LogP contribution in [0.1, 0.15) is 18.1 Å². The van der Waals surface area contributed by atoms with Crippen molar-refractivity contribution >= 4 is 15.7 Å². The first-order valence-corrected chi connectivity index (χ1v) is 10.2. The van der Waals surface area contributed by atoms with Gasteiger partial charge in [-0.1, -0.05) is 12.1 Å². The molecule has 0 N–H and O–H groups in total. The van der Waals surface area contributed by atoms with E-state index in [1.165, 1.54) is 22.5 Å². The van der Waals surface area contributed by atoms with Crippen LogP contribution in [0.25, 0.3) is 0 Å². The van der Waals surface area contributed by atoms with Crippen molar-refractivity contribution in [3.05, 3.63) is 53.3 Å². The minimum Gasteiger partial charge on any atom is -0.493 e. The fraction of sp³-hybridized carbons (Fsp3) is 0.368. The number of halogens is 1. The van der Waals surface area contributed by atoms with Crippen LogP contribution in [-0.2, 0) is 22.9 Å². The Hall–Kier alpha value is -2.28. The SMILES string of the molecule is CC1CN(S(=O)(=O)CCc2ccc3c(c2)CCO3)c2ccc(F)cc2O1. The molecule has 1 unspecified atom stereocenters. The van der Waals surface area contributed by atoms with Gasteiger partial charge in [-0.25, -0.2) is 12.8 Å². The monoisotopic (exact) mass is 377 g/mol. The van der Waals surface area contributed by atoms with E-state index in [9.17, 15) is 12.8 Å². The van der Waals surface area contributed by atoms with E-state index < -0.39 is 15.8 Å². The quantitative estimate of drug-likeness (QED) is 0.822. The standard InChI is InChI=1S/C19H20FNO4S/c1-13-12-21(17-4-3-16(20)11-19(17)25-13)26(22,23)9-7-14-2-5-18-15(10-14)6-8-24-18/h2-5,10-11,13H,6-9,12H2,1H3. The Kier molecular flexibility index (Phi) is 4.26. The van der Waals surface area contributed by atoms with E-state index in [-0.39, 0.29) is 24.2 Å². The number of hydrogen-bond donors (Lipinski definition) is 0. The molecule has 2 aliphatic rings. The van der Waals surface area contributed by atoms with Crippen LogP contribution >= 0.6 is 0 Å². The molecule has 0 radical (unpaired) electrons. The maximum absolute atomic E-state index is 13.5. The first-order chi connectivity index (χ1) is 12.4. The van der Waals surface area contributed by atoms with Gasteiger partial charge in [0.25, 0.3) is 0 Å². The molecule has 4 rings (SSSR count). The van der Waals surface area contributed by atoms with Gasteiger partial charge in [0.05, 0.1) is 24.6 Å². The van der Waals surface area contributed by atoms with Gasteiger partial charge >= 0.3 is 0 Å². The third kappa shape index (κ3) is 3.23. The second kappa shape index (κ2) is 6.46. The fourth-order valence-electron chi connectivity index (χ4n) is 3.39. The number of anilines is 1. The third-order valence-electron chi connectivity index (χ3n) is 4.68. The molecule has 138 valence electrons. The lowest BCUT2D eigenvalue weighted by atomic mass is 10.1. The Morgan fingerprint density at radius 2 is 2.04 bits per heavy atom. The number of aryl methyl sites for hydroxylation is 1. The summed E-state index contributed by atoms with van der Waals surface area (Å²) in [5.41, 5.74) is 2.49. The van der Waals surface area contributed by atoms with E-state index in [4.69, 9.17) is 9.47 Å². The predicted molar refractivity (Wildman–Crippen MR) is 97.0 cm³/mol. The summed E-state index contributed by atoms with van der Waals surface area (Å²) in [6.45, 7) is 2.67. The Bertz CT molecular complexity index is 945. The van der Waals surface area contributed by atoms with Gasteiger partial charge in [0.2, 0.25) is 10.0 Å². The number of benzene rings is 2. The molecule has 0 aromatic heterocycles. The topological polar surface area (TPSA) is 55.8 Å². The molecular formula is C19H20FNO4S. The Morgan fingerprint density at radius 1 is 1.19 bits per heavy atom. The number of hydrogen-bond acceptors (Lipinski definition) is 4. The molecule has 2 aromatic carbocycles. The molecule has 2 aromatic rings. The largest absolute Gasteiger partial charge is 0.493 e. The lowest BCUT2D eigenvalue weighted by molar-refractivity contribution is 0.218. The van der Waals surface area contributed by atoms with Gasteiger partial charge in [-0.05, 0) is 42.7 Å². The van der Waals surface area contributed by atoms with Gasteiger partial charge in [0.15, 0.2) is 0 Å². The summed E-state index contributed by atoms with van der Waals surface area (Å²) in [5.74, 6) is 0.683. The van der Waals surface area contributed by atoms with E-state index in [2.05, 4.69) is 0 Å². The highest BCUT2D eigenvalue weighted by Gasteiger charge is 2.31. The van der Waals surface area contributed by atoms with Crippen LogP contribution < -0.4 is 13.8 Å². The van der Waals surface area contributed by atoms with Crippen LogP contribution in [0, 0.1) is 5.82 Å². The van der Waals surface area contributed by atoms with Crippen molar-refractivity contribution in [3.8, 4) is 11.5 Å². The predicted octanol–water partition coefficient (Wildman–Crippen LogP) is 2.92. The van der Waals surface area contributed by atoms with E-state index in [0.717, 1.165) is 23.3 Å². The van der Waals surface area contributed by atoms with E-state index in [1.54, 1.807) is 6.92 Å². The van der Waals surface area contributed by atoms with Gasteiger partial charge in [-0.15, -0.1) is 0 Å². The Balaban J connectivity index is 1.55. The van der Waals surface area contributed by atoms with Crippen LogP contribution in [0.4, 0.5) is 10.1 Å². The second-order valence-corrected chi connectivity index (χ2v) is 8.69. The molecule has 0 fully saturated rings. The number of rotatable bonds is 4. The summed E-state index contributed by atoms with van der Waals surface area (Å²) in [4.78, 5) is 0. The summed E-state index contributed by atoms with van der Waals surface area (Å²) in [6, 6.07) is 9.77. The van der Waals surface area contributed by atoms with E-state index >= 15 is 0 Å². The van der Waals surface area contributed by atoms with Gasteiger partial charge in [0, 0.05) is 12.5 Å². The van der Waals surface area contributed by atoms with Crippen molar-refractivity contribution in [1.29, 1.82) is 0 Å². The Morgan fingerprint density at radius 3 is 2.88 bits per heavy atom. The smallest absolute Gasteiger partial charge is 0.235 e. The van der Waals surface area contributed by atoms with Crippen molar-refractivity contribution in [1.82, 2.24) is 0 Å². The summed E-state index contributed by atoms with van der Waals surface area (Å²) < 4.78 is 51.8. The number of fused-ring (bicyclic) bond motifs is 2. The van der Waals surface area contributed by atoms with Crippen molar-refractivity contribution in [2.75, 3.05) is 23.2 Å². The molecule has 2 aliphatic heterocycles. The highest BCUT2D eigenvalue weighted by molar-refractivity contribution is 7.92. The normalized spacial score (nSPS) is 18.7. The zero-order chi connectivity index (χ0) is 18.3. The highest BCUT2D eigenvalue weighted by atomic mass is 32.2. The summed E-state index contributed by atoms with van der Waals surface area (Å²) in [5, 5.41) is 0. The molecule has 0 saturated heterocycles. The molecule has 7 heteroatoms. The lowest BCUT2D eigenvalue weighted by Crippen LogP contribution is -2.43. The highest BCUT2D eigenvalue weighted by Crippen LogP contribution is 2.36. The van der Waals surface area contributed by atoms with Crippen molar-refractivity contribution in [3.63, 3.8) is 0 Å². The van der Waals surface area contributed by atoms with Gasteiger partial charge in [-0.3, -0.25) is 4.31 Å². The average Bonchev–Trinajstić information content (AvgIpc) is 3.06. The third-order valence-corrected chi connectivity index (χ3v) is 6.42. The van der Waals surface area contributed by atoms with Gasteiger partial charge in [0.1, 0.15) is 23.4 Å². The molecule has 0 saturated carbocycles. The molecule has 0 amide bonds. The minimum absolute atomic E-state index is 0.0177. The average molecular weight is 377 g/mol. The number of ether oxygens (including phenoxy) is 2. The van der Waals surface area contributed by atoms with E-state index in [0.29, 0.717) is 18.7 Å². The zero-order valence-electron chi connectivity index (χ0n) is 14.4. The van der Waals surface area contributed by atoms with E-state index in [1.807, 2.05) is 18.2 Å². The van der Waals surface area contributed by atoms with Crippen molar-refractivity contribution in [2.45, 2.75) is 25.9 Å². The lowest BCUT2D eigenvalue weighted by Gasteiger charge is -2.34. The van der Waals surface area contributed by atoms with Crippen LogP contribution in [0.2, 0.25) is 0 Å². The zero-order valence-corrected chi connectivity index (χ0v) is 15.3. The maximum Gasteiger partial charge on any atom is 0.235 e. The number of nitrogens with zero attached hydrogens (tertiary/aromatic N) is 1. The molecule has 1 atom stereocenters. The summed E-state index contributed by atoms with van der Waals surface area (Å²) >= 11 is 0. The first-order valence-electron chi connectivity index (χ1n) is 8.63. The fourth-order valence-corrected chi connectivity index (χ4v) is 4.99. The van der Waals surface area contributed by atoms with Crippen LogP contribution in [0.3, 0.4) is 0 Å². The summed E-state index contributed by atoms with van der Waals surface area (Å²) in [7, 11) is -3.56. The molecule has 0 aliphatic carbocycles. The summed E-state index contributed by atoms with van der Waals surface area (Å²) in [6.07, 6.45) is 0.935. The molecule has 5 nitrogen and oxygen atoms in total. The maximum atomic E-state index is 13.5. The van der Waals surface area contributed by atoms with Gasteiger partial charge in [-0.2, -0.15) is 0 Å². The first kappa shape index (κ1) is 17.1. The van der Waals surface area contributed by atoms with Crippen LogP contribution in [0.15, 0.2) is 36.4 Å². The number of sulfonamides is 1. The van der Waals surface area contributed by atoms with Crippen molar-refractivity contribution in [2.24, 2.45) is 0 Å².